The van der Waals surface area contributed by atoms with E-state index in [0.29, 0.717) is 5.56 Å². The number of hydrogen-bond acceptors (Lipinski definition) is 3. The minimum atomic E-state index is -1.08. The fraction of sp³-hybridized carbons (Fsp3) is 0.273. The number of aromatic carboxylic acids is 1. The topological polar surface area (TPSA) is 75.6 Å². The molecule has 0 aliphatic heterocycles. The summed E-state index contributed by atoms with van der Waals surface area (Å²) in [6.07, 6.45) is -0.905. The van der Waals surface area contributed by atoms with Crippen LogP contribution in [0.3, 0.4) is 0 Å². The van der Waals surface area contributed by atoms with Gasteiger partial charge in [-0.2, -0.15) is 0 Å². The molecule has 1 atom stereocenters. The van der Waals surface area contributed by atoms with E-state index in [1.165, 1.54) is 20.2 Å². The van der Waals surface area contributed by atoms with Crippen LogP contribution in [-0.2, 0) is 9.53 Å². The number of nitrogens with one attached hydrogen (secondary N) is 1. The van der Waals surface area contributed by atoms with Crippen LogP contribution in [0.1, 0.15) is 22.0 Å². The van der Waals surface area contributed by atoms with Gasteiger partial charge in [-0.25, -0.2) is 4.79 Å². The van der Waals surface area contributed by atoms with E-state index in [-0.39, 0.29) is 11.5 Å². The number of rotatable bonds is 4. The van der Waals surface area contributed by atoms with Gasteiger partial charge in [0.15, 0.2) is 6.10 Å². The van der Waals surface area contributed by atoms with E-state index < -0.39 is 12.1 Å². The molecule has 0 bridgehead atoms. The predicted molar refractivity (Wildman–Crippen MR) is 57.2 cm³/mol. The molecular formula is C11H13NO4. The first-order chi connectivity index (χ1) is 7.61. The van der Waals surface area contributed by atoms with E-state index in [1.54, 1.807) is 18.2 Å². The molecule has 0 heterocycles. The first-order valence-corrected chi connectivity index (χ1v) is 4.68. The number of amides is 1. The van der Waals surface area contributed by atoms with Crippen LogP contribution in [0, 0.1) is 0 Å². The number of likely N-dealkylation sites (N-methyl/N-ethyl adjacent to an activating group) is 1. The minimum absolute atomic E-state index is 0.0675. The number of hydrogen-bond donors (Lipinski definition) is 2. The zero-order valence-corrected chi connectivity index (χ0v) is 9.06. The Morgan fingerprint density at radius 1 is 1.38 bits per heavy atom. The summed E-state index contributed by atoms with van der Waals surface area (Å²) in [5.41, 5.74) is 0.412. The number of benzene rings is 1. The van der Waals surface area contributed by atoms with Crippen LogP contribution in [0.2, 0.25) is 0 Å². The van der Waals surface area contributed by atoms with Crippen molar-refractivity contribution in [3.05, 3.63) is 35.4 Å². The van der Waals surface area contributed by atoms with Crippen LogP contribution in [-0.4, -0.2) is 31.1 Å². The molecule has 0 aliphatic carbocycles. The summed E-state index contributed by atoms with van der Waals surface area (Å²) in [4.78, 5) is 22.5. The largest absolute Gasteiger partial charge is 0.478 e. The molecule has 0 saturated carbocycles. The molecule has 0 saturated heterocycles. The summed E-state index contributed by atoms with van der Waals surface area (Å²) >= 11 is 0. The molecule has 1 rings (SSSR count). The van der Waals surface area contributed by atoms with Crippen LogP contribution in [0.4, 0.5) is 0 Å². The third-order valence-electron chi connectivity index (χ3n) is 2.19. The lowest BCUT2D eigenvalue weighted by molar-refractivity contribution is -0.130. The molecule has 0 fully saturated rings. The van der Waals surface area contributed by atoms with Gasteiger partial charge in [-0.3, -0.25) is 4.79 Å². The average Bonchev–Trinajstić information content (AvgIpc) is 2.30. The van der Waals surface area contributed by atoms with Crippen molar-refractivity contribution < 1.29 is 19.4 Å². The van der Waals surface area contributed by atoms with Crippen LogP contribution in [0.15, 0.2) is 24.3 Å². The number of methoxy groups -OCH3 is 1. The van der Waals surface area contributed by atoms with Crippen LogP contribution in [0.5, 0.6) is 0 Å². The maximum atomic E-state index is 11.5. The smallest absolute Gasteiger partial charge is 0.336 e. The maximum absolute atomic E-state index is 11.5. The zero-order valence-electron chi connectivity index (χ0n) is 9.06. The van der Waals surface area contributed by atoms with Gasteiger partial charge in [-0.1, -0.05) is 18.2 Å². The Morgan fingerprint density at radius 3 is 2.50 bits per heavy atom. The van der Waals surface area contributed by atoms with Crippen LogP contribution < -0.4 is 5.32 Å². The van der Waals surface area contributed by atoms with Crippen molar-refractivity contribution in [2.75, 3.05) is 14.2 Å². The first-order valence-electron chi connectivity index (χ1n) is 4.68. The van der Waals surface area contributed by atoms with E-state index in [4.69, 9.17) is 9.84 Å². The van der Waals surface area contributed by atoms with Gasteiger partial charge in [0.25, 0.3) is 5.91 Å². The number of ether oxygens (including phenoxy) is 1. The average molecular weight is 223 g/mol. The highest BCUT2D eigenvalue weighted by Crippen LogP contribution is 2.21. The molecular weight excluding hydrogens is 210 g/mol. The normalized spacial score (nSPS) is 11.9. The quantitative estimate of drug-likeness (QED) is 0.792. The fourth-order valence-electron chi connectivity index (χ4n) is 1.43. The second kappa shape index (κ2) is 5.27. The Morgan fingerprint density at radius 2 is 2.00 bits per heavy atom. The van der Waals surface area contributed by atoms with Crippen molar-refractivity contribution in [1.82, 2.24) is 5.32 Å². The number of carboxylic acid groups (broad SMARTS) is 1. The van der Waals surface area contributed by atoms with E-state index in [9.17, 15) is 9.59 Å². The second-order valence-corrected chi connectivity index (χ2v) is 3.12. The van der Waals surface area contributed by atoms with Gasteiger partial charge < -0.3 is 15.2 Å². The van der Waals surface area contributed by atoms with Crippen molar-refractivity contribution in [1.29, 1.82) is 0 Å². The van der Waals surface area contributed by atoms with Crippen molar-refractivity contribution in [3.63, 3.8) is 0 Å². The van der Waals surface area contributed by atoms with Gasteiger partial charge >= 0.3 is 5.97 Å². The lowest BCUT2D eigenvalue weighted by Crippen LogP contribution is -2.28. The van der Waals surface area contributed by atoms with Gasteiger partial charge in [-0.15, -0.1) is 0 Å². The second-order valence-electron chi connectivity index (χ2n) is 3.12. The molecule has 16 heavy (non-hydrogen) atoms. The summed E-state index contributed by atoms with van der Waals surface area (Å²) in [7, 11) is 2.83. The van der Waals surface area contributed by atoms with E-state index in [1.807, 2.05) is 0 Å². The van der Waals surface area contributed by atoms with Gasteiger partial charge in [0, 0.05) is 19.7 Å². The lowest BCUT2D eigenvalue weighted by atomic mass is 10.0. The molecule has 0 radical (unpaired) electrons. The van der Waals surface area contributed by atoms with E-state index >= 15 is 0 Å². The van der Waals surface area contributed by atoms with Crippen molar-refractivity contribution in [2.45, 2.75) is 6.10 Å². The van der Waals surface area contributed by atoms with Crippen LogP contribution >= 0.6 is 0 Å². The third-order valence-corrected chi connectivity index (χ3v) is 2.19. The van der Waals surface area contributed by atoms with Gasteiger partial charge in [0.05, 0.1) is 5.56 Å². The van der Waals surface area contributed by atoms with Gasteiger partial charge in [-0.05, 0) is 6.07 Å². The van der Waals surface area contributed by atoms with Crippen molar-refractivity contribution in [3.8, 4) is 0 Å². The van der Waals surface area contributed by atoms with Gasteiger partial charge in [0.2, 0.25) is 0 Å². The fourth-order valence-corrected chi connectivity index (χ4v) is 1.43. The standard InChI is InChI=1S/C11H13NO4/c1-12-10(13)9(16-2)7-5-3-4-6-8(7)11(14)15/h3-6,9H,1-2H3,(H,12,13)(H,14,15). The monoisotopic (exact) mass is 223 g/mol. The molecule has 1 amide bonds. The van der Waals surface area contributed by atoms with Crippen molar-refractivity contribution >= 4 is 11.9 Å². The Labute approximate surface area is 93.0 Å². The summed E-state index contributed by atoms with van der Waals surface area (Å²) in [5, 5.41) is 11.4. The minimum Gasteiger partial charge on any atom is -0.478 e. The lowest BCUT2D eigenvalue weighted by Gasteiger charge is -2.15. The summed E-state index contributed by atoms with van der Waals surface area (Å²) < 4.78 is 5.00. The van der Waals surface area contributed by atoms with Gasteiger partial charge in [0.1, 0.15) is 0 Å². The Hall–Kier alpha value is -1.88. The summed E-state index contributed by atoms with van der Waals surface area (Å²) in [6.45, 7) is 0. The maximum Gasteiger partial charge on any atom is 0.336 e. The Kier molecular flexibility index (Phi) is 4.02. The third kappa shape index (κ3) is 2.38. The van der Waals surface area contributed by atoms with E-state index in [2.05, 4.69) is 5.32 Å². The molecule has 1 aromatic carbocycles. The first kappa shape index (κ1) is 12.2. The van der Waals surface area contributed by atoms with Crippen LogP contribution in [0.25, 0.3) is 0 Å². The Bertz CT molecular complexity index is 403. The molecule has 5 heteroatoms. The highest BCUT2D eigenvalue weighted by atomic mass is 16.5. The molecule has 5 nitrogen and oxygen atoms in total. The summed E-state index contributed by atoms with van der Waals surface area (Å²) in [5.74, 6) is -1.46. The predicted octanol–water partition coefficient (Wildman–Crippen LogP) is 0.818. The molecule has 1 aromatic rings. The molecule has 0 aromatic heterocycles. The molecule has 1 unspecified atom stereocenters. The highest BCUT2D eigenvalue weighted by molar-refractivity contribution is 5.92. The zero-order chi connectivity index (χ0) is 12.1. The SMILES string of the molecule is CNC(=O)C(OC)c1ccccc1C(=O)O. The number of carbonyl (C=O) groups excluding carboxylic acids is 1. The summed E-state index contributed by atoms with van der Waals surface area (Å²) in [6, 6.07) is 6.26. The molecule has 0 spiro atoms. The van der Waals surface area contributed by atoms with E-state index in [0.717, 1.165) is 0 Å². The molecule has 2 N–H and O–H groups in total. The number of carboxylic acids is 1. The Balaban J connectivity index is 3.19. The number of carbonyl (C=O) groups is 2. The molecule has 0 aliphatic rings. The highest BCUT2D eigenvalue weighted by Gasteiger charge is 2.23. The van der Waals surface area contributed by atoms with Crippen molar-refractivity contribution in [2.24, 2.45) is 0 Å². The molecule has 86 valence electrons.